The molecule has 2 heterocycles. The van der Waals surface area contributed by atoms with Gasteiger partial charge in [0, 0.05) is 11.1 Å². The molecule has 1 aliphatic heterocycles. The summed E-state index contributed by atoms with van der Waals surface area (Å²) < 4.78 is 12.9. The van der Waals surface area contributed by atoms with Gasteiger partial charge in [-0.2, -0.15) is 0 Å². The molecule has 1 aromatic heterocycles. The van der Waals surface area contributed by atoms with Gasteiger partial charge in [-0.25, -0.2) is 4.99 Å². The van der Waals surface area contributed by atoms with E-state index in [0.29, 0.717) is 20.6 Å². The molecule has 36 heavy (non-hydrogen) atoms. The van der Waals surface area contributed by atoms with Crippen molar-refractivity contribution in [1.29, 1.82) is 0 Å². The van der Waals surface area contributed by atoms with Gasteiger partial charge in [0.15, 0.2) is 16.3 Å². The third kappa shape index (κ3) is 3.55. The van der Waals surface area contributed by atoms with Crippen LogP contribution in [0.5, 0.6) is 17.2 Å². The number of aromatic hydroxyl groups is 1. The number of phenols is 1. The van der Waals surface area contributed by atoms with Gasteiger partial charge in [-0.3, -0.25) is 9.36 Å². The molecule has 0 amide bonds. The number of allylic oxidation sites excluding steroid dienone is 1. The Labute approximate surface area is 211 Å². The highest BCUT2D eigenvalue weighted by Gasteiger charge is 2.32. The van der Waals surface area contributed by atoms with E-state index in [9.17, 15) is 9.90 Å². The Morgan fingerprint density at radius 2 is 1.81 bits per heavy atom. The van der Waals surface area contributed by atoms with Crippen LogP contribution in [0, 0.1) is 0 Å². The number of aromatic nitrogens is 1. The highest BCUT2D eigenvalue weighted by Crippen LogP contribution is 2.41. The van der Waals surface area contributed by atoms with Crippen LogP contribution in [0.1, 0.15) is 34.7 Å². The molecular weight excluding hydrogens is 472 g/mol. The van der Waals surface area contributed by atoms with Crippen LogP contribution >= 0.6 is 11.3 Å². The average Bonchev–Trinajstić information content (AvgIpc) is 3.23. The fraction of sp³-hybridized carbons (Fsp3) is 0.172. The van der Waals surface area contributed by atoms with E-state index in [4.69, 9.17) is 14.5 Å². The van der Waals surface area contributed by atoms with Crippen molar-refractivity contribution in [3.8, 4) is 17.2 Å². The van der Waals surface area contributed by atoms with Gasteiger partial charge in [-0.1, -0.05) is 59.9 Å². The monoisotopic (exact) mass is 496 g/mol. The topological polar surface area (TPSA) is 73.1 Å². The molecule has 3 aromatic carbocycles. The molecule has 1 N–H and O–H groups in total. The summed E-state index contributed by atoms with van der Waals surface area (Å²) in [6.45, 7) is 0. The second-order valence-corrected chi connectivity index (χ2v) is 9.79. The van der Waals surface area contributed by atoms with E-state index >= 15 is 0 Å². The number of hydrogen-bond acceptors (Lipinski definition) is 6. The van der Waals surface area contributed by atoms with E-state index in [-0.39, 0.29) is 17.4 Å². The Kier molecular flexibility index (Phi) is 5.49. The van der Waals surface area contributed by atoms with Crippen LogP contribution in [-0.2, 0) is 6.42 Å². The first-order valence-corrected chi connectivity index (χ1v) is 12.5. The number of para-hydroxylation sites is 1. The zero-order chi connectivity index (χ0) is 24.8. The van der Waals surface area contributed by atoms with E-state index in [2.05, 4.69) is 18.2 Å². The van der Waals surface area contributed by atoms with Crippen LogP contribution in [0.4, 0.5) is 0 Å². The minimum absolute atomic E-state index is 0.00534. The van der Waals surface area contributed by atoms with Crippen LogP contribution in [-0.4, -0.2) is 23.9 Å². The second-order valence-electron chi connectivity index (χ2n) is 8.78. The Balaban J connectivity index is 1.61. The van der Waals surface area contributed by atoms with Crippen molar-refractivity contribution in [2.24, 2.45) is 4.99 Å². The quantitative estimate of drug-likeness (QED) is 0.463. The van der Waals surface area contributed by atoms with Crippen LogP contribution < -0.4 is 24.4 Å². The third-order valence-corrected chi connectivity index (χ3v) is 7.82. The lowest BCUT2D eigenvalue weighted by molar-refractivity contribution is 0.373. The third-order valence-electron chi connectivity index (χ3n) is 6.84. The minimum Gasteiger partial charge on any atom is -0.504 e. The Hall–Kier alpha value is -4.10. The summed E-state index contributed by atoms with van der Waals surface area (Å²) in [6, 6.07) is 21.2. The number of rotatable bonds is 4. The molecule has 4 aromatic rings. The number of thiazole rings is 1. The Morgan fingerprint density at radius 3 is 2.58 bits per heavy atom. The molecule has 0 spiro atoms. The summed E-state index contributed by atoms with van der Waals surface area (Å²) in [5.41, 5.74) is 5.89. The van der Waals surface area contributed by atoms with Crippen molar-refractivity contribution in [3.63, 3.8) is 0 Å². The lowest BCUT2D eigenvalue weighted by Gasteiger charge is -2.30. The summed E-state index contributed by atoms with van der Waals surface area (Å²) in [4.78, 5) is 19.5. The van der Waals surface area contributed by atoms with Gasteiger partial charge in [0.25, 0.3) is 5.56 Å². The summed E-state index contributed by atoms with van der Waals surface area (Å²) >= 11 is 1.33. The summed E-state index contributed by atoms with van der Waals surface area (Å²) in [5, 5.41) is 10.6. The smallest absolute Gasteiger partial charge is 0.271 e. The molecule has 0 fully saturated rings. The zero-order valence-electron chi connectivity index (χ0n) is 19.9. The molecule has 1 atom stereocenters. The number of benzene rings is 3. The first-order valence-electron chi connectivity index (χ1n) is 11.7. The van der Waals surface area contributed by atoms with Crippen LogP contribution in [0.15, 0.2) is 82.1 Å². The fourth-order valence-electron chi connectivity index (χ4n) is 5.07. The molecule has 6 rings (SSSR count). The number of aryl methyl sites for hydroxylation is 1. The highest BCUT2D eigenvalue weighted by atomic mass is 32.1. The lowest BCUT2D eigenvalue weighted by Crippen LogP contribution is -2.38. The molecule has 2 aliphatic rings. The van der Waals surface area contributed by atoms with Gasteiger partial charge >= 0.3 is 0 Å². The van der Waals surface area contributed by atoms with Crippen molar-refractivity contribution in [2.45, 2.75) is 18.9 Å². The Bertz CT molecular complexity index is 1700. The predicted octanol–water partition coefficient (Wildman–Crippen LogP) is 4.04. The van der Waals surface area contributed by atoms with E-state index in [1.807, 2.05) is 30.3 Å². The Morgan fingerprint density at radius 1 is 1.00 bits per heavy atom. The largest absolute Gasteiger partial charge is 0.504 e. The number of ether oxygens (including phenoxy) is 2. The summed E-state index contributed by atoms with van der Waals surface area (Å²) in [5.74, 6) is 1.13. The number of fused-ring (bicyclic) bond motifs is 3. The standard InChI is InChI=1S/C29H24N2O4S/c1-34-20-13-10-18(11-14-20)26-22-15-12-17-6-3-4-8-21(17)25(22)30-29-31(26)28(33)24(36-29)16-19-7-5-9-23(35-2)27(19)32/h3-11,13-14,16,26,32H,12,15H2,1-2H3/b24-16+. The first kappa shape index (κ1) is 22.4. The lowest BCUT2D eigenvalue weighted by atomic mass is 9.83. The van der Waals surface area contributed by atoms with Crippen molar-refractivity contribution in [2.75, 3.05) is 14.2 Å². The van der Waals surface area contributed by atoms with Gasteiger partial charge in [0.05, 0.1) is 30.5 Å². The molecular formula is C29H24N2O4S. The van der Waals surface area contributed by atoms with E-state index in [1.165, 1.54) is 24.0 Å². The number of hydrogen-bond donors (Lipinski definition) is 1. The second kappa shape index (κ2) is 8.84. The average molecular weight is 497 g/mol. The van der Waals surface area contributed by atoms with Crippen molar-refractivity contribution >= 4 is 23.1 Å². The van der Waals surface area contributed by atoms with E-state index < -0.39 is 0 Å². The number of phenolic OH excluding ortho intramolecular Hbond substituents is 1. The molecule has 0 radical (unpaired) electrons. The predicted molar refractivity (Wildman–Crippen MR) is 140 cm³/mol. The van der Waals surface area contributed by atoms with Crippen molar-refractivity contribution < 1.29 is 14.6 Å². The molecule has 0 saturated carbocycles. The maximum absolute atomic E-state index is 13.8. The maximum atomic E-state index is 13.8. The van der Waals surface area contributed by atoms with Crippen molar-refractivity contribution in [1.82, 2.24) is 4.57 Å². The van der Waals surface area contributed by atoms with E-state index in [1.54, 1.807) is 36.0 Å². The summed E-state index contributed by atoms with van der Waals surface area (Å²) in [7, 11) is 3.15. The maximum Gasteiger partial charge on any atom is 0.271 e. The van der Waals surface area contributed by atoms with Gasteiger partial charge in [-0.15, -0.1) is 0 Å². The normalized spacial score (nSPS) is 16.6. The van der Waals surface area contributed by atoms with Gasteiger partial charge < -0.3 is 14.6 Å². The molecule has 180 valence electrons. The van der Waals surface area contributed by atoms with Crippen LogP contribution in [0.3, 0.4) is 0 Å². The van der Waals surface area contributed by atoms with Crippen LogP contribution in [0.2, 0.25) is 0 Å². The fourth-order valence-corrected chi connectivity index (χ4v) is 6.06. The molecule has 6 nitrogen and oxygen atoms in total. The number of methoxy groups -OCH3 is 2. The van der Waals surface area contributed by atoms with Gasteiger partial charge in [0.2, 0.25) is 0 Å². The first-order chi connectivity index (χ1) is 17.6. The van der Waals surface area contributed by atoms with Gasteiger partial charge in [0.1, 0.15) is 5.75 Å². The zero-order valence-corrected chi connectivity index (χ0v) is 20.7. The number of nitrogens with zero attached hydrogens (tertiary/aromatic N) is 2. The van der Waals surface area contributed by atoms with Gasteiger partial charge in [-0.05, 0) is 53.8 Å². The van der Waals surface area contributed by atoms with E-state index in [0.717, 1.165) is 41.0 Å². The van der Waals surface area contributed by atoms with Crippen molar-refractivity contribution in [3.05, 3.63) is 114 Å². The highest BCUT2D eigenvalue weighted by molar-refractivity contribution is 7.07. The minimum atomic E-state index is -0.267. The summed E-state index contributed by atoms with van der Waals surface area (Å²) in [6.07, 6.45) is 3.44. The molecule has 1 aliphatic carbocycles. The molecule has 0 saturated heterocycles. The molecule has 0 bridgehead atoms. The molecule has 7 heteroatoms. The van der Waals surface area contributed by atoms with Crippen LogP contribution in [0.25, 0.3) is 11.8 Å². The molecule has 1 unspecified atom stereocenters. The SMILES string of the molecule is COc1ccc(C2C3=C(N=c4s/c(=C/c5cccc(OC)c5O)c(=O)n42)c2ccccc2CC3)cc1.